The highest BCUT2D eigenvalue weighted by atomic mass is 16.7. The summed E-state index contributed by atoms with van der Waals surface area (Å²) < 4.78 is 0. The maximum absolute atomic E-state index is 5.89. The van der Waals surface area contributed by atoms with Gasteiger partial charge in [0.15, 0.2) is 6.17 Å². The molecule has 0 spiro atoms. The zero-order valence-corrected chi connectivity index (χ0v) is 12.1. The Kier molecular flexibility index (Phi) is 4.28. The molecular formula is C17H19N3O. The molecule has 0 saturated carbocycles. The molecule has 0 aromatic heterocycles. The lowest BCUT2D eigenvalue weighted by Crippen LogP contribution is -2.26. The fourth-order valence-electron chi connectivity index (χ4n) is 2.39. The fraction of sp³-hybridized carbons (Fsp3) is 0.235. The summed E-state index contributed by atoms with van der Waals surface area (Å²) in [5.41, 5.74) is 2.35. The van der Waals surface area contributed by atoms with Crippen LogP contribution in [0.15, 0.2) is 65.7 Å². The van der Waals surface area contributed by atoms with Gasteiger partial charge in [0.05, 0.1) is 13.1 Å². The van der Waals surface area contributed by atoms with E-state index in [4.69, 9.17) is 4.84 Å². The molecule has 0 amide bonds. The lowest BCUT2D eigenvalue weighted by molar-refractivity contribution is -0.0945. The monoisotopic (exact) mass is 281 g/mol. The predicted molar refractivity (Wildman–Crippen MR) is 83.6 cm³/mol. The summed E-state index contributed by atoms with van der Waals surface area (Å²) in [6.45, 7) is 1.34. The van der Waals surface area contributed by atoms with Gasteiger partial charge in [0.1, 0.15) is 0 Å². The van der Waals surface area contributed by atoms with E-state index in [1.807, 2.05) is 48.5 Å². The third kappa shape index (κ3) is 3.29. The number of hydroxylamine groups is 2. The predicted octanol–water partition coefficient (Wildman–Crippen LogP) is 2.75. The van der Waals surface area contributed by atoms with E-state index in [-0.39, 0.29) is 6.17 Å². The van der Waals surface area contributed by atoms with Gasteiger partial charge in [0.2, 0.25) is 5.90 Å². The van der Waals surface area contributed by atoms with Gasteiger partial charge in [-0.3, -0.25) is 0 Å². The maximum Gasteiger partial charge on any atom is 0.225 e. The van der Waals surface area contributed by atoms with Gasteiger partial charge < -0.3 is 10.2 Å². The van der Waals surface area contributed by atoms with E-state index < -0.39 is 0 Å². The van der Waals surface area contributed by atoms with Crippen LogP contribution in [0, 0.1) is 0 Å². The number of rotatable bonds is 5. The Morgan fingerprint density at radius 1 is 1.05 bits per heavy atom. The van der Waals surface area contributed by atoms with Gasteiger partial charge in [-0.25, -0.2) is 4.99 Å². The Morgan fingerprint density at radius 3 is 2.38 bits per heavy atom. The van der Waals surface area contributed by atoms with Crippen LogP contribution in [-0.4, -0.2) is 24.6 Å². The van der Waals surface area contributed by atoms with Crippen LogP contribution in [0.1, 0.15) is 17.3 Å². The standard InChI is InChI=1S/C17H19N3O/c1-18-12-16-19-17(15-10-6-3-7-11-15)20(21-16)13-14-8-4-2-5-9-14/h2-11,17-18H,12-13H2,1H3/t17-/m1/s1. The topological polar surface area (TPSA) is 36.9 Å². The molecule has 1 aliphatic heterocycles. The SMILES string of the molecule is CNCC1=N[C@@H](c2ccccc2)N(Cc2ccccc2)O1. The van der Waals surface area contributed by atoms with Crippen molar-refractivity contribution in [1.82, 2.24) is 10.4 Å². The van der Waals surface area contributed by atoms with Crippen LogP contribution in [0.25, 0.3) is 0 Å². The Labute approximate surface area is 125 Å². The molecule has 1 N–H and O–H groups in total. The average Bonchev–Trinajstić information content (AvgIpc) is 2.92. The van der Waals surface area contributed by atoms with E-state index in [9.17, 15) is 0 Å². The summed E-state index contributed by atoms with van der Waals surface area (Å²) in [6.07, 6.45) is -0.0882. The molecule has 0 saturated heterocycles. The van der Waals surface area contributed by atoms with Crippen LogP contribution in [0.4, 0.5) is 0 Å². The smallest absolute Gasteiger partial charge is 0.225 e. The molecule has 1 heterocycles. The van der Waals surface area contributed by atoms with E-state index in [1.54, 1.807) is 0 Å². The molecule has 0 unspecified atom stereocenters. The van der Waals surface area contributed by atoms with E-state index in [0.29, 0.717) is 13.1 Å². The minimum atomic E-state index is -0.0882. The molecule has 0 bridgehead atoms. The van der Waals surface area contributed by atoms with E-state index >= 15 is 0 Å². The fourth-order valence-corrected chi connectivity index (χ4v) is 2.39. The van der Waals surface area contributed by atoms with Crippen molar-refractivity contribution >= 4 is 5.90 Å². The summed E-state index contributed by atoms with van der Waals surface area (Å²) in [4.78, 5) is 10.6. The Balaban J connectivity index is 1.82. The maximum atomic E-state index is 5.89. The molecule has 108 valence electrons. The highest BCUT2D eigenvalue weighted by Gasteiger charge is 2.29. The molecule has 4 heteroatoms. The third-order valence-corrected chi connectivity index (χ3v) is 3.37. The summed E-state index contributed by atoms with van der Waals surface area (Å²) >= 11 is 0. The first-order valence-electron chi connectivity index (χ1n) is 7.11. The molecule has 1 atom stereocenters. The van der Waals surface area contributed by atoms with Crippen LogP contribution in [-0.2, 0) is 11.4 Å². The molecule has 21 heavy (non-hydrogen) atoms. The number of aliphatic imine (C=N–C) groups is 1. The van der Waals surface area contributed by atoms with Gasteiger partial charge in [-0.2, -0.15) is 0 Å². The Morgan fingerprint density at radius 2 is 1.71 bits per heavy atom. The molecule has 4 nitrogen and oxygen atoms in total. The van der Waals surface area contributed by atoms with Crippen molar-refractivity contribution in [3.8, 4) is 0 Å². The van der Waals surface area contributed by atoms with Crippen molar-refractivity contribution in [2.75, 3.05) is 13.6 Å². The second-order valence-corrected chi connectivity index (χ2v) is 4.99. The van der Waals surface area contributed by atoms with Crippen molar-refractivity contribution in [3.63, 3.8) is 0 Å². The highest BCUT2D eigenvalue weighted by molar-refractivity contribution is 5.79. The number of hydrogen-bond donors (Lipinski definition) is 1. The van der Waals surface area contributed by atoms with Gasteiger partial charge >= 0.3 is 0 Å². The normalized spacial score (nSPS) is 18.3. The molecule has 2 aromatic carbocycles. The van der Waals surface area contributed by atoms with Gasteiger partial charge in [-0.1, -0.05) is 60.7 Å². The van der Waals surface area contributed by atoms with Crippen molar-refractivity contribution in [3.05, 3.63) is 71.8 Å². The minimum absolute atomic E-state index is 0.0882. The first-order valence-corrected chi connectivity index (χ1v) is 7.11. The zero-order chi connectivity index (χ0) is 14.5. The van der Waals surface area contributed by atoms with Crippen LogP contribution in [0.5, 0.6) is 0 Å². The quantitative estimate of drug-likeness (QED) is 0.915. The molecule has 3 rings (SSSR count). The van der Waals surface area contributed by atoms with Crippen molar-refractivity contribution in [1.29, 1.82) is 0 Å². The van der Waals surface area contributed by atoms with Crippen LogP contribution in [0.3, 0.4) is 0 Å². The van der Waals surface area contributed by atoms with Crippen LogP contribution in [0.2, 0.25) is 0 Å². The second-order valence-electron chi connectivity index (χ2n) is 4.99. The Hall–Kier alpha value is -2.17. The second kappa shape index (κ2) is 6.52. The molecule has 1 aliphatic rings. The first kappa shape index (κ1) is 13.8. The zero-order valence-electron chi connectivity index (χ0n) is 12.1. The van der Waals surface area contributed by atoms with Crippen LogP contribution >= 0.6 is 0 Å². The minimum Gasteiger partial charge on any atom is -0.386 e. The third-order valence-electron chi connectivity index (χ3n) is 3.37. The lowest BCUT2D eigenvalue weighted by atomic mass is 10.1. The number of nitrogens with zero attached hydrogens (tertiary/aromatic N) is 2. The summed E-state index contributed by atoms with van der Waals surface area (Å²) in [5.74, 6) is 0.724. The van der Waals surface area contributed by atoms with E-state index in [0.717, 1.165) is 11.5 Å². The number of benzene rings is 2. The summed E-state index contributed by atoms with van der Waals surface area (Å²) in [6, 6.07) is 20.5. The first-order chi connectivity index (χ1) is 10.4. The Bertz CT molecular complexity index is 598. The van der Waals surface area contributed by atoms with Gasteiger partial charge in [-0.15, -0.1) is 5.06 Å². The van der Waals surface area contributed by atoms with E-state index in [1.165, 1.54) is 5.56 Å². The molecule has 2 aromatic rings. The number of hydrogen-bond acceptors (Lipinski definition) is 4. The average molecular weight is 281 g/mol. The summed E-state index contributed by atoms with van der Waals surface area (Å²) in [7, 11) is 1.89. The largest absolute Gasteiger partial charge is 0.386 e. The van der Waals surface area contributed by atoms with E-state index in [2.05, 4.69) is 34.6 Å². The van der Waals surface area contributed by atoms with Gasteiger partial charge in [0, 0.05) is 0 Å². The van der Waals surface area contributed by atoms with Crippen molar-refractivity contribution in [2.45, 2.75) is 12.7 Å². The summed E-state index contributed by atoms with van der Waals surface area (Å²) in [5, 5.41) is 5.01. The van der Waals surface area contributed by atoms with Crippen molar-refractivity contribution < 1.29 is 4.84 Å². The molecular weight excluding hydrogens is 262 g/mol. The molecule has 0 fully saturated rings. The number of likely N-dealkylation sites (N-methyl/N-ethyl adjacent to an activating group) is 1. The van der Waals surface area contributed by atoms with Crippen molar-refractivity contribution in [2.24, 2.45) is 4.99 Å². The van der Waals surface area contributed by atoms with Crippen LogP contribution < -0.4 is 5.32 Å². The van der Waals surface area contributed by atoms with Gasteiger partial charge in [0.25, 0.3) is 0 Å². The molecule has 0 radical (unpaired) electrons. The van der Waals surface area contributed by atoms with Gasteiger partial charge in [-0.05, 0) is 18.2 Å². The lowest BCUT2D eigenvalue weighted by Gasteiger charge is -2.21. The highest BCUT2D eigenvalue weighted by Crippen LogP contribution is 2.29. The molecule has 0 aliphatic carbocycles. The number of nitrogens with one attached hydrogen (secondary N) is 1.